The number of amides is 1. The zero-order valence-electron chi connectivity index (χ0n) is 15.1. The number of carbonyl (C=O) groups is 3. The Balaban J connectivity index is 2.01. The molecule has 6 nitrogen and oxygen atoms in total. The zero-order chi connectivity index (χ0) is 19.8. The minimum atomic E-state index is -0.800. The Morgan fingerprint density at radius 3 is 2.26 bits per heavy atom. The lowest BCUT2D eigenvalue weighted by Gasteiger charge is -2.21. The Kier molecular flexibility index (Phi) is 7.05. The Labute approximate surface area is 156 Å². The van der Waals surface area contributed by atoms with Crippen LogP contribution in [0.1, 0.15) is 33.2 Å². The molecule has 0 heterocycles. The van der Waals surface area contributed by atoms with E-state index in [0.717, 1.165) is 0 Å². The molecule has 0 N–H and O–H groups in total. The van der Waals surface area contributed by atoms with Crippen LogP contribution < -0.4 is 0 Å². The summed E-state index contributed by atoms with van der Waals surface area (Å²) in [5.41, 5.74) is 0.711. The van der Waals surface area contributed by atoms with Gasteiger partial charge < -0.3 is 14.4 Å². The molecule has 27 heavy (non-hydrogen) atoms. The summed E-state index contributed by atoms with van der Waals surface area (Å²) < 4.78 is 23.0. The van der Waals surface area contributed by atoms with Crippen molar-refractivity contribution >= 4 is 17.8 Å². The zero-order valence-corrected chi connectivity index (χ0v) is 15.1. The van der Waals surface area contributed by atoms with Gasteiger partial charge in [0.2, 0.25) is 0 Å². The van der Waals surface area contributed by atoms with Crippen LogP contribution in [0, 0.1) is 5.82 Å². The highest BCUT2D eigenvalue weighted by Gasteiger charge is 2.20. The number of benzene rings is 2. The molecule has 0 aliphatic rings. The van der Waals surface area contributed by atoms with Crippen molar-refractivity contribution in [3.05, 3.63) is 71.0 Å². The molecule has 1 amide bonds. The first-order chi connectivity index (χ1) is 13.0. The summed E-state index contributed by atoms with van der Waals surface area (Å²) >= 11 is 0. The molecule has 0 unspecified atom stereocenters. The highest BCUT2D eigenvalue weighted by atomic mass is 19.1. The van der Waals surface area contributed by atoms with Crippen LogP contribution in [0.25, 0.3) is 0 Å². The van der Waals surface area contributed by atoms with Crippen molar-refractivity contribution in [3.63, 3.8) is 0 Å². The van der Waals surface area contributed by atoms with Gasteiger partial charge >= 0.3 is 11.9 Å². The second-order valence-corrected chi connectivity index (χ2v) is 5.65. The van der Waals surface area contributed by atoms with Gasteiger partial charge in [-0.25, -0.2) is 14.0 Å². The molecule has 0 aliphatic carbocycles. The average Bonchev–Trinajstić information content (AvgIpc) is 2.69. The van der Waals surface area contributed by atoms with Crippen molar-refractivity contribution in [2.45, 2.75) is 13.5 Å². The molecule has 0 radical (unpaired) electrons. The van der Waals surface area contributed by atoms with Crippen molar-refractivity contribution in [1.29, 1.82) is 0 Å². The molecule has 2 aromatic rings. The van der Waals surface area contributed by atoms with Crippen molar-refractivity contribution in [2.75, 3.05) is 20.3 Å². The van der Waals surface area contributed by atoms with Crippen LogP contribution in [-0.2, 0) is 20.8 Å². The molecule has 0 saturated carbocycles. The number of hydrogen-bond acceptors (Lipinski definition) is 5. The number of nitrogens with zero attached hydrogens (tertiary/aromatic N) is 1. The minimum absolute atomic E-state index is 0.0188. The van der Waals surface area contributed by atoms with Gasteiger partial charge in [-0.3, -0.25) is 4.79 Å². The summed E-state index contributed by atoms with van der Waals surface area (Å²) in [6, 6.07) is 12.0. The van der Waals surface area contributed by atoms with Crippen molar-refractivity contribution < 1.29 is 28.2 Å². The maximum absolute atomic E-state index is 13.3. The number of hydrogen-bond donors (Lipinski definition) is 0. The Hall–Kier alpha value is -3.22. The summed E-state index contributed by atoms with van der Waals surface area (Å²) in [5.74, 6) is -2.28. The van der Waals surface area contributed by atoms with Gasteiger partial charge in [-0.1, -0.05) is 24.3 Å². The normalized spacial score (nSPS) is 10.2. The third kappa shape index (κ3) is 5.37. The summed E-state index contributed by atoms with van der Waals surface area (Å²) in [4.78, 5) is 37.8. The van der Waals surface area contributed by atoms with E-state index >= 15 is 0 Å². The van der Waals surface area contributed by atoms with Crippen LogP contribution in [0.15, 0.2) is 48.5 Å². The van der Waals surface area contributed by atoms with Crippen molar-refractivity contribution in [3.8, 4) is 0 Å². The largest absolute Gasteiger partial charge is 0.465 e. The number of methoxy groups -OCH3 is 1. The van der Waals surface area contributed by atoms with E-state index in [0.29, 0.717) is 12.1 Å². The third-order valence-electron chi connectivity index (χ3n) is 3.88. The van der Waals surface area contributed by atoms with Gasteiger partial charge in [-0.2, -0.15) is 0 Å². The summed E-state index contributed by atoms with van der Waals surface area (Å²) in [5, 5.41) is 0. The maximum atomic E-state index is 13.3. The van der Waals surface area contributed by atoms with E-state index in [1.807, 2.05) is 0 Å². The first-order valence-electron chi connectivity index (χ1n) is 8.33. The van der Waals surface area contributed by atoms with E-state index in [9.17, 15) is 18.8 Å². The van der Waals surface area contributed by atoms with Gasteiger partial charge in [0, 0.05) is 13.1 Å². The van der Waals surface area contributed by atoms with Gasteiger partial charge in [-0.15, -0.1) is 0 Å². The molecular formula is C20H20FNO5. The van der Waals surface area contributed by atoms with Crippen LogP contribution in [-0.4, -0.2) is 43.0 Å². The molecule has 0 saturated heterocycles. The van der Waals surface area contributed by atoms with Crippen LogP contribution in [0.3, 0.4) is 0 Å². The number of carbonyl (C=O) groups excluding carboxylic acids is 3. The second-order valence-electron chi connectivity index (χ2n) is 5.65. The maximum Gasteiger partial charge on any atom is 0.339 e. The van der Waals surface area contributed by atoms with E-state index in [1.54, 1.807) is 31.2 Å². The molecular weight excluding hydrogens is 353 g/mol. The summed E-state index contributed by atoms with van der Waals surface area (Å²) in [6.45, 7) is 1.85. The molecule has 0 fully saturated rings. The van der Waals surface area contributed by atoms with E-state index < -0.39 is 24.5 Å². The van der Waals surface area contributed by atoms with Crippen molar-refractivity contribution in [2.24, 2.45) is 0 Å². The number of likely N-dealkylation sites (N-methyl/N-ethyl adjacent to an activating group) is 1. The number of ether oxygens (including phenoxy) is 2. The van der Waals surface area contributed by atoms with E-state index in [1.165, 1.54) is 36.3 Å². The molecule has 0 aliphatic heterocycles. The number of esters is 2. The van der Waals surface area contributed by atoms with E-state index in [4.69, 9.17) is 4.74 Å². The molecule has 2 aromatic carbocycles. The Morgan fingerprint density at radius 1 is 1.00 bits per heavy atom. The van der Waals surface area contributed by atoms with E-state index in [-0.39, 0.29) is 23.5 Å². The first-order valence-corrected chi connectivity index (χ1v) is 8.33. The fourth-order valence-corrected chi connectivity index (χ4v) is 2.48. The standard InChI is InChI=1S/C20H20FNO5/c1-3-22(12-14-7-6-8-15(21)11-14)18(23)13-27-20(25)17-10-5-4-9-16(17)19(24)26-2/h4-11H,3,12-13H2,1-2H3. The molecule has 2 rings (SSSR count). The molecule has 0 spiro atoms. The number of rotatable bonds is 7. The van der Waals surface area contributed by atoms with Crippen LogP contribution >= 0.6 is 0 Å². The molecule has 142 valence electrons. The second kappa shape index (κ2) is 9.47. The monoisotopic (exact) mass is 373 g/mol. The average molecular weight is 373 g/mol. The van der Waals surface area contributed by atoms with Gasteiger partial charge in [-0.05, 0) is 36.8 Å². The molecule has 0 bridgehead atoms. The fraction of sp³-hybridized carbons (Fsp3) is 0.250. The predicted molar refractivity (Wildman–Crippen MR) is 95.6 cm³/mol. The lowest BCUT2D eigenvalue weighted by atomic mass is 10.1. The molecule has 7 heteroatoms. The number of halogens is 1. The Morgan fingerprint density at radius 2 is 1.67 bits per heavy atom. The van der Waals surface area contributed by atoms with Crippen LogP contribution in [0.4, 0.5) is 4.39 Å². The third-order valence-corrected chi connectivity index (χ3v) is 3.88. The highest BCUT2D eigenvalue weighted by molar-refractivity contribution is 6.03. The van der Waals surface area contributed by atoms with Crippen LogP contribution in [0.2, 0.25) is 0 Å². The lowest BCUT2D eigenvalue weighted by molar-refractivity contribution is -0.134. The molecule has 0 aromatic heterocycles. The summed E-state index contributed by atoms with van der Waals surface area (Å²) in [6.07, 6.45) is 0. The SMILES string of the molecule is CCN(Cc1cccc(F)c1)C(=O)COC(=O)c1ccccc1C(=O)OC. The first kappa shape index (κ1) is 20.1. The van der Waals surface area contributed by atoms with E-state index in [2.05, 4.69) is 4.74 Å². The molecule has 0 atom stereocenters. The van der Waals surface area contributed by atoms with Crippen LogP contribution in [0.5, 0.6) is 0 Å². The van der Waals surface area contributed by atoms with Gasteiger partial charge in [0.15, 0.2) is 6.61 Å². The Bertz CT molecular complexity index is 837. The van der Waals surface area contributed by atoms with Crippen molar-refractivity contribution in [1.82, 2.24) is 4.90 Å². The predicted octanol–water partition coefficient (Wildman–Crippen LogP) is 2.82. The minimum Gasteiger partial charge on any atom is -0.465 e. The lowest BCUT2D eigenvalue weighted by Crippen LogP contribution is -2.34. The topological polar surface area (TPSA) is 72.9 Å². The van der Waals surface area contributed by atoms with Gasteiger partial charge in [0.05, 0.1) is 18.2 Å². The quantitative estimate of drug-likeness (QED) is 0.698. The smallest absolute Gasteiger partial charge is 0.339 e. The summed E-state index contributed by atoms with van der Waals surface area (Å²) in [7, 11) is 1.21. The highest BCUT2D eigenvalue weighted by Crippen LogP contribution is 2.12. The van der Waals surface area contributed by atoms with Gasteiger partial charge in [0.25, 0.3) is 5.91 Å². The van der Waals surface area contributed by atoms with Gasteiger partial charge in [0.1, 0.15) is 5.82 Å². The fourth-order valence-electron chi connectivity index (χ4n) is 2.48.